The first-order valence-corrected chi connectivity index (χ1v) is 6.11. The Hall–Kier alpha value is -1.02. The molecular formula is C14H23NO. The van der Waals surface area contributed by atoms with Crippen LogP contribution in [0.5, 0.6) is 5.75 Å². The third-order valence-corrected chi connectivity index (χ3v) is 2.69. The van der Waals surface area contributed by atoms with E-state index in [0.29, 0.717) is 5.92 Å². The Morgan fingerprint density at radius 2 is 2.06 bits per heavy atom. The van der Waals surface area contributed by atoms with Gasteiger partial charge in [-0.05, 0) is 36.5 Å². The molecule has 0 fully saturated rings. The maximum Gasteiger partial charge on any atom is 0.119 e. The number of benzene rings is 1. The van der Waals surface area contributed by atoms with Crippen LogP contribution in [0.15, 0.2) is 24.3 Å². The van der Waals surface area contributed by atoms with Crippen LogP contribution in [-0.2, 0) is 0 Å². The Bertz CT molecular complexity index is 309. The van der Waals surface area contributed by atoms with Gasteiger partial charge in [0.25, 0.3) is 0 Å². The second-order valence-electron chi connectivity index (χ2n) is 4.62. The van der Waals surface area contributed by atoms with Crippen molar-refractivity contribution in [2.24, 2.45) is 11.7 Å². The molecular weight excluding hydrogens is 198 g/mol. The van der Waals surface area contributed by atoms with Crippen molar-refractivity contribution >= 4 is 0 Å². The van der Waals surface area contributed by atoms with E-state index in [4.69, 9.17) is 10.5 Å². The average Bonchev–Trinajstić information content (AvgIpc) is 2.28. The largest absolute Gasteiger partial charge is 0.494 e. The lowest BCUT2D eigenvalue weighted by molar-refractivity contribution is 0.289. The third kappa shape index (κ3) is 4.23. The summed E-state index contributed by atoms with van der Waals surface area (Å²) < 4.78 is 5.70. The second-order valence-corrected chi connectivity index (χ2v) is 4.62. The Morgan fingerprint density at radius 3 is 2.69 bits per heavy atom. The smallest absolute Gasteiger partial charge is 0.119 e. The number of ether oxygens (including phenoxy) is 1. The topological polar surface area (TPSA) is 35.2 Å². The summed E-state index contributed by atoms with van der Waals surface area (Å²) in [5.74, 6) is 1.61. The van der Waals surface area contributed by atoms with Gasteiger partial charge in [0.05, 0.1) is 6.61 Å². The van der Waals surface area contributed by atoms with Crippen LogP contribution in [0, 0.1) is 5.92 Å². The molecule has 0 saturated carbocycles. The van der Waals surface area contributed by atoms with Crippen molar-refractivity contribution in [3.8, 4) is 5.75 Å². The minimum absolute atomic E-state index is 0.119. The number of hydrogen-bond acceptors (Lipinski definition) is 2. The zero-order valence-electron chi connectivity index (χ0n) is 10.6. The van der Waals surface area contributed by atoms with Gasteiger partial charge in [0.1, 0.15) is 5.75 Å². The first-order valence-electron chi connectivity index (χ1n) is 6.11. The predicted molar refractivity (Wildman–Crippen MR) is 68.6 cm³/mol. The zero-order valence-corrected chi connectivity index (χ0v) is 10.6. The molecule has 0 aliphatic rings. The van der Waals surface area contributed by atoms with Crippen molar-refractivity contribution in [2.45, 2.75) is 39.7 Å². The number of nitrogens with two attached hydrogens (primary N) is 1. The molecule has 1 rings (SSSR count). The van der Waals surface area contributed by atoms with Gasteiger partial charge in [0.15, 0.2) is 0 Å². The fourth-order valence-electron chi connectivity index (χ4n) is 1.48. The van der Waals surface area contributed by atoms with Gasteiger partial charge in [0, 0.05) is 6.04 Å². The number of hydrogen-bond donors (Lipinski definition) is 1. The first kappa shape index (κ1) is 13.0. The Balaban J connectivity index is 2.54. The van der Waals surface area contributed by atoms with Gasteiger partial charge in [-0.2, -0.15) is 0 Å². The molecule has 1 aromatic rings. The van der Waals surface area contributed by atoms with E-state index in [1.807, 2.05) is 12.1 Å². The summed E-state index contributed by atoms with van der Waals surface area (Å²) >= 11 is 0. The highest BCUT2D eigenvalue weighted by atomic mass is 16.5. The SMILES string of the molecule is CCC(N)c1cccc(OCCC(C)C)c1. The minimum atomic E-state index is 0.119. The van der Waals surface area contributed by atoms with Crippen LogP contribution >= 0.6 is 0 Å². The summed E-state index contributed by atoms with van der Waals surface area (Å²) in [6.45, 7) is 7.28. The molecule has 0 amide bonds. The van der Waals surface area contributed by atoms with Crippen LogP contribution in [0.25, 0.3) is 0 Å². The molecule has 0 spiro atoms. The summed E-state index contributed by atoms with van der Waals surface area (Å²) in [5.41, 5.74) is 7.14. The van der Waals surface area contributed by atoms with Gasteiger partial charge in [-0.1, -0.05) is 32.9 Å². The van der Waals surface area contributed by atoms with Crippen LogP contribution < -0.4 is 10.5 Å². The molecule has 0 aliphatic carbocycles. The van der Waals surface area contributed by atoms with Gasteiger partial charge in [0.2, 0.25) is 0 Å². The lowest BCUT2D eigenvalue weighted by Crippen LogP contribution is -2.09. The van der Waals surface area contributed by atoms with Crippen LogP contribution in [-0.4, -0.2) is 6.61 Å². The molecule has 0 aliphatic heterocycles. The number of rotatable bonds is 6. The molecule has 0 heterocycles. The molecule has 1 unspecified atom stereocenters. The maximum absolute atomic E-state index is 5.98. The normalized spacial score (nSPS) is 12.8. The maximum atomic E-state index is 5.98. The monoisotopic (exact) mass is 221 g/mol. The molecule has 16 heavy (non-hydrogen) atoms. The highest BCUT2D eigenvalue weighted by molar-refractivity contribution is 5.30. The quantitative estimate of drug-likeness (QED) is 0.797. The lowest BCUT2D eigenvalue weighted by atomic mass is 10.1. The molecule has 2 heteroatoms. The molecule has 0 bridgehead atoms. The molecule has 0 saturated heterocycles. The molecule has 90 valence electrons. The van der Waals surface area contributed by atoms with Crippen LogP contribution in [0.4, 0.5) is 0 Å². The summed E-state index contributed by atoms with van der Waals surface area (Å²) in [6, 6.07) is 8.23. The van der Waals surface area contributed by atoms with E-state index >= 15 is 0 Å². The molecule has 2 nitrogen and oxygen atoms in total. The van der Waals surface area contributed by atoms with Gasteiger partial charge in [-0.25, -0.2) is 0 Å². The van der Waals surface area contributed by atoms with E-state index in [0.717, 1.165) is 30.8 Å². The van der Waals surface area contributed by atoms with Crippen LogP contribution in [0.1, 0.15) is 45.2 Å². The van der Waals surface area contributed by atoms with Gasteiger partial charge >= 0.3 is 0 Å². The van der Waals surface area contributed by atoms with Gasteiger partial charge < -0.3 is 10.5 Å². The van der Waals surface area contributed by atoms with E-state index in [9.17, 15) is 0 Å². The summed E-state index contributed by atoms with van der Waals surface area (Å²) in [6.07, 6.45) is 2.04. The van der Waals surface area contributed by atoms with Crippen LogP contribution in [0.2, 0.25) is 0 Å². The van der Waals surface area contributed by atoms with Crippen molar-refractivity contribution in [1.82, 2.24) is 0 Å². The van der Waals surface area contributed by atoms with E-state index in [-0.39, 0.29) is 6.04 Å². The van der Waals surface area contributed by atoms with Gasteiger partial charge in [-0.15, -0.1) is 0 Å². The summed E-state index contributed by atoms with van der Waals surface area (Å²) in [5, 5.41) is 0. The van der Waals surface area contributed by atoms with Crippen molar-refractivity contribution in [1.29, 1.82) is 0 Å². The van der Waals surface area contributed by atoms with E-state index < -0.39 is 0 Å². The predicted octanol–water partition coefficient (Wildman–Crippen LogP) is 3.52. The molecule has 1 atom stereocenters. The molecule has 1 aromatic carbocycles. The molecule has 2 N–H and O–H groups in total. The zero-order chi connectivity index (χ0) is 12.0. The van der Waals surface area contributed by atoms with E-state index in [1.54, 1.807) is 0 Å². The third-order valence-electron chi connectivity index (χ3n) is 2.69. The summed E-state index contributed by atoms with van der Waals surface area (Å²) in [7, 11) is 0. The highest BCUT2D eigenvalue weighted by Gasteiger charge is 2.04. The average molecular weight is 221 g/mol. The van der Waals surface area contributed by atoms with E-state index in [2.05, 4.69) is 32.9 Å². The Morgan fingerprint density at radius 1 is 1.31 bits per heavy atom. The van der Waals surface area contributed by atoms with Crippen molar-refractivity contribution in [2.75, 3.05) is 6.61 Å². The lowest BCUT2D eigenvalue weighted by Gasteiger charge is -2.12. The van der Waals surface area contributed by atoms with Crippen LogP contribution in [0.3, 0.4) is 0 Å². The van der Waals surface area contributed by atoms with E-state index in [1.165, 1.54) is 0 Å². The summed E-state index contributed by atoms with van der Waals surface area (Å²) in [4.78, 5) is 0. The fourth-order valence-corrected chi connectivity index (χ4v) is 1.48. The van der Waals surface area contributed by atoms with Crippen molar-refractivity contribution < 1.29 is 4.74 Å². The Kier molecular flexibility index (Phi) is 5.33. The standard InChI is InChI=1S/C14H23NO/c1-4-14(15)12-6-5-7-13(10-12)16-9-8-11(2)3/h5-7,10-11,14H,4,8-9,15H2,1-3H3. The fraction of sp³-hybridized carbons (Fsp3) is 0.571. The van der Waals surface area contributed by atoms with Gasteiger partial charge in [-0.3, -0.25) is 0 Å². The molecule has 0 radical (unpaired) electrons. The van der Waals surface area contributed by atoms with Crippen molar-refractivity contribution in [3.63, 3.8) is 0 Å². The first-order chi connectivity index (χ1) is 7.63. The second kappa shape index (κ2) is 6.54. The Labute approximate surface area is 98.8 Å². The minimum Gasteiger partial charge on any atom is -0.494 e. The molecule has 0 aromatic heterocycles. The van der Waals surface area contributed by atoms with Crippen molar-refractivity contribution in [3.05, 3.63) is 29.8 Å². The highest BCUT2D eigenvalue weighted by Crippen LogP contribution is 2.20.